The van der Waals surface area contributed by atoms with Gasteiger partial charge in [0.1, 0.15) is 10.7 Å². The first-order valence-corrected chi connectivity index (χ1v) is 6.18. The van der Waals surface area contributed by atoms with Gasteiger partial charge in [-0.05, 0) is 18.6 Å². The van der Waals surface area contributed by atoms with Crippen LogP contribution in [-0.2, 0) is 0 Å². The molecule has 0 aliphatic carbocycles. The summed E-state index contributed by atoms with van der Waals surface area (Å²) in [5.41, 5.74) is 6.50. The molecule has 1 aliphatic heterocycles. The number of carbonyl (C=O) groups is 1. The fraction of sp³-hybridized carbons (Fsp3) is 0.417. The summed E-state index contributed by atoms with van der Waals surface area (Å²) in [7, 11) is 0. The summed E-state index contributed by atoms with van der Waals surface area (Å²) in [6.07, 6.45) is 2.35. The Morgan fingerprint density at radius 2 is 2.39 bits per heavy atom. The summed E-state index contributed by atoms with van der Waals surface area (Å²) in [5.74, 6) is 0.0743. The van der Waals surface area contributed by atoms with E-state index < -0.39 is 0 Å². The smallest absolute Gasteiger partial charge is 0.272 e. The molecule has 1 saturated heterocycles. The van der Waals surface area contributed by atoms with Crippen LogP contribution in [0.25, 0.3) is 0 Å². The quantitative estimate of drug-likeness (QED) is 0.762. The maximum Gasteiger partial charge on any atom is 0.272 e. The van der Waals surface area contributed by atoms with Gasteiger partial charge >= 0.3 is 0 Å². The van der Waals surface area contributed by atoms with Crippen molar-refractivity contribution in [1.82, 2.24) is 9.88 Å². The molecule has 1 aromatic rings. The van der Waals surface area contributed by atoms with Crippen molar-refractivity contribution >= 4 is 23.1 Å². The third kappa shape index (κ3) is 2.65. The van der Waals surface area contributed by atoms with Crippen LogP contribution in [0, 0.1) is 5.92 Å². The van der Waals surface area contributed by atoms with Gasteiger partial charge in [-0.15, -0.1) is 0 Å². The number of carbonyl (C=O) groups excluding carboxylic acids is 1. The monoisotopic (exact) mass is 265 g/mol. The van der Waals surface area contributed by atoms with Gasteiger partial charge in [-0.2, -0.15) is 0 Å². The largest absolute Gasteiger partial charge is 0.396 e. The van der Waals surface area contributed by atoms with E-state index in [0.717, 1.165) is 6.42 Å². The molecule has 5 nitrogen and oxygen atoms in total. The number of aromatic nitrogens is 1. The number of hydrogen-bond donors (Lipinski definition) is 2. The van der Waals surface area contributed by atoms with Crippen LogP contribution in [0.4, 0.5) is 0 Å². The number of nitrogens with zero attached hydrogens (tertiary/aromatic N) is 2. The van der Waals surface area contributed by atoms with Crippen LogP contribution in [0.1, 0.15) is 22.5 Å². The van der Waals surface area contributed by atoms with E-state index in [-0.39, 0.29) is 23.4 Å². The average Bonchev–Trinajstić information content (AvgIpc) is 2.86. The molecule has 1 unspecified atom stereocenters. The van der Waals surface area contributed by atoms with Crippen molar-refractivity contribution in [1.29, 1.82) is 0 Å². The number of likely N-dealkylation sites (tertiary alicyclic amines) is 1. The van der Waals surface area contributed by atoms with Crippen LogP contribution in [0.2, 0.25) is 0 Å². The van der Waals surface area contributed by atoms with Gasteiger partial charge in [0, 0.05) is 37.4 Å². The van der Waals surface area contributed by atoms with Crippen LogP contribution in [-0.4, -0.2) is 45.6 Å². The van der Waals surface area contributed by atoms with Crippen molar-refractivity contribution in [2.45, 2.75) is 6.42 Å². The normalized spacial score (nSPS) is 18.9. The maximum atomic E-state index is 12.1. The lowest BCUT2D eigenvalue weighted by atomic mass is 10.1. The fourth-order valence-electron chi connectivity index (χ4n) is 1.99. The molecule has 18 heavy (non-hydrogen) atoms. The van der Waals surface area contributed by atoms with Gasteiger partial charge in [0.15, 0.2) is 0 Å². The second-order valence-corrected chi connectivity index (χ2v) is 4.82. The zero-order valence-electron chi connectivity index (χ0n) is 9.87. The molecule has 0 saturated carbocycles. The van der Waals surface area contributed by atoms with Gasteiger partial charge in [0.05, 0.1) is 0 Å². The van der Waals surface area contributed by atoms with E-state index in [9.17, 15) is 4.79 Å². The third-order valence-electron chi connectivity index (χ3n) is 3.10. The Balaban J connectivity index is 2.07. The predicted molar refractivity (Wildman–Crippen MR) is 71.2 cm³/mol. The SMILES string of the molecule is NC(=S)c1ccc(C(=O)N2CCC(CO)C2)nc1. The summed E-state index contributed by atoms with van der Waals surface area (Å²) in [6.45, 7) is 1.38. The van der Waals surface area contributed by atoms with E-state index in [4.69, 9.17) is 23.1 Å². The second kappa shape index (κ2) is 5.41. The highest BCUT2D eigenvalue weighted by Gasteiger charge is 2.26. The van der Waals surface area contributed by atoms with Crippen molar-refractivity contribution in [3.8, 4) is 0 Å². The minimum atomic E-state index is -0.111. The van der Waals surface area contributed by atoms with E-state index in [1.807, 2.05) is 0 Å². The van der Waals surface area contributed by atoms with Crippen LogP contribution >= 0.6 is 12.2 Å². The highest BCUT2D eigenvalue weighted by Crippen LogP contribution is 2.17. The number of aliphatic hydroxyl groups is 1. The first-order chi connectivity index (χ1) is 8.61. The predicted octanol–water partition coefficient (Wildman–Crippen LogP) is 0.170. The Hall–Kier alpha value is -1.53. The lowest BCUT2D eigenvalue weighted by Crippen LogP contribution is -2.29. The zero-order chi connectivity index (χ0) is 13.1. The van der Waals surface area contributed by atoms with Gasteiger partial charge < -0.3 is 15.7 Å². The molecule has 1 aliphatic rings. The van der Waals surface area contributed by atoms with Gasteiger partial charge in [0.25, 0.3) is 5.91 Å². The number of thiocarbonyl (C=S) groups is 1. The molecule has 1 aromatic heterocycles. The lowest BCUT2D eigenvalue weighted by Gasteiger charge is -2.15. The summed E-state index contributed by atoms with van der Waals surface area (Å²) in [6, 6.07) is 3.32. The lowest BCUT2D eigenvalue weighted by molar-refractivity contribution is 0.0776. The van der Waals surface area contributed by atoms with Crippen LogP contribution in [0.5, 0.6) is 0 Å². The molecule has 0 bridgehead atoms. The molecular weight excluding hydrogens is 250 g/mol. The molecule has 1 atom stereocenters. The Morgan fingerprint density at radius 3 is 2.89 bits per heavy atom. The number of rotatable bonds is 3. The minimum Gasteiger partial charge on any atom is -0.396 e. The minimum absolute atomic E-state index is 0.111. The topological polar surface area (TPSA) is 79.5 Å². The van der Waals surface area contributed by atoms with E-state index >= 15 is 0 Å². The Morgan fingerprint density at radius 1 is 1.61 bits per heavy atom. The number of pyridine rings is 1. The Labute approximate surface area is 111 Å². The fourth-order valence-corrected chi connectivity index (χ4v) is 2.12. The molecule has 2 heterocycles. The number of aliphatic hydroxyl groups excluding tert-OH is 1. The van der Waals surface area contributed by atoms with Crippen molar-refractivity contribution in [2.75, 3.05) is 19.7 Å². The van der Waals surface area contributed by atoms with Crippen molar-refractivity contribution in [3.05, 3.63) is 29.6 Å². The van der Waals surface area contributed by atoms with Gasteiger partial charge in [-0.1, -0.05) is 12.2 Å². The molecule has 96 valence electrons. The molecule has 1 fully saturated rings. The van der Waals surface area contributed by atoms with Crippen LogP contribution < -0.4 is 5.73 Å². The Kier molecular flexibility index (Phi) is 3.88. The molecule has 1 amide bonds. The first-order valence-electron chi connectivity index (χ1n) is 5.78. The van der Waals surface area contributed by atoms with Crippen molar-refractivity contribution < 1.29 is 9.90 Å². The van der Waals surface area contributed by atoms with E-state index in [2.05, 4.69) is 4.98 Å². The first kappa shape index (κ1) is 12.9. The zero-order valence-corrected chi connectivity index (χ0v) is 10.7. The van der Waals surface area contributed by atoms with Crippen molar-refractivity contribution in [3.63, 3.8) is 0 Å². The maximum absolute atomic E-state index is 12.1. The summed E-state index contributed by atoms with van der Waals surface area (Å²) >= 11 is 4.82. The van der Waals surface area contributed by atoms with E-state index in [0.29, 0.717) is 24.3 Å². The second-order valence-electron chi connectivity index (χ2n) is 4.38. The number of hydrogen-bond acceptors (Lipinski definition) is 4. The molecule has 0 radical (unpaired) electrons. The van der Waals surface area contributed by atoms with Gasteiger partial charge in [0.2, 0.25) is 0 Å². The average molecular weight is 265 g/mol. The van der Waals surface area contributed by atoms with Crippen LogP contribution in [0.15, 0.2) is 18.3 Å². The highest BCUT2D eigenvalue weighted by atomic mass is 32.1. The summed E-state index contributed by atoms with van der Waals surface area (Å²) in [5, 5.41) is 9.05. The Bertz CT molecular complexity index is 461. The molecule has 3 N–H and O–H groups in total. The molecule has 6 heteroatoms. The van der Waals surface area contributed by atoms with Crippen molar-refractivity contribution in [2.24, 2.45) is 11.7 Å². The van der Waals surface area contributed by atoms with Gasteiger partial charge in [-0.3, -0.25) is 9.78 Å². The number of nitrogens with two attached hydrogens (primary N) is 1. The summed E-state index contributed by atoms with van der Waals surface area (Å²) < 4.78 is 0. The molecular formula is C12H15N3O2S. The molecule has 0 spiro atoms. The standard InChI is InChI=1S/C12H15N3O2S/c13-11(18)9-1-2-10(14-5-9)12(17)15-4-3-8(6-15)7-16/h1-2,5,8,16H,3-4,6-7H2,(H2,13,18). The third-order valence-corrected chi connectivity index (χ3v) is 3.33. The highest BCUT2D eigenvalue weighted by molar-refractivity contribution is 7.80. The van der Waals surface area contributed by atoms with E-state index in [1.54, 1.807) is 17.0 Å². The summed E-state index contributed by atoms with van der Waals surface area (Å²) in [4.78, 5) is 18.2. The van der Waals surface area contributed by atoms with E-state index in [1.165, 1.54) is 6.20 Å². The van der Waals surface area contributed by atoms with Crippen LogP contribution in [0.3, 0.4) is 0 Å². The molecule has 0 aromatic carbocycles. The molecule has 2 rings (SSSR count). The van der Waals surface area contributed by atoms with Gasteiger partial charge in [-0.25, -0.2) is 0 Å². The number of amides is 1.